The molecular formula is C14H25N5O2. The van der Waals surface area contributed by atoms with Gasteiger partial charge in [0, 0.05) is 25.6 Å². The first-order chi connectivity index (χ1) is 9.91. The van der Waals surface area contributed by atoms with Crippen molar-refractivity contribution in [1.29, 1.82) is 0 Å². The first kappa shape index (κ1) is 15.8. The number of nitro groups is 1. The van der Waals surface area contributed by atoms with Crippen molar-refractivity contribution in [3.05, 3.63) is 15.8 Å². The number of anilines is 1. The summed E-state index contributed by atoms with van der Waals surface area (Å²) in [5, 5.41) is 18.9. The van der Waals surface area contributed by atoms with Gasteiger partial charge >= 0.3 is 5.69 Å². The predicted molar refractivity (Wildman–Crippen MR) is 82.7 cm³/mol. The van der Waals surface area contributed by atoms with Crippen LogP contribution in [-0.2, 0) is 7.05 Å². The SMILES string of the molecule is CC(C)c1nn(C)c(NCC2CCCCN2C)c1[N+](=O)[O-]. The van der Waals surface area contributed by atoms with Crippen molar-refractivity contribution in [3.63, 3.8) is 0 Å². The maximum absolute atomic E-state index is 11.4. The fourth-order valence-corrected chi connectivity index (χ4v) is 2.92. The van der Waals surface area contributed by atoms with E-state index in [2.05, 4.69) is 22.4 Å². The summed E-state index contributed by atoms with van der Waals surface area (Å²) in [4.78, 5) is 13.4. The molecule has 0 spiro atoms. The Morgan fingerprint density at radius 3 is 2.71 bits per heavy atom. The van der Waals surface area contributed by atoms with Crippen LogP contribution in [0.1, 0.15) is 44.7 Å². The minimum Gasteiger partial charge on any atom is -0.363 e. The zero-order chi connectivity index (χ0) is 15.6. The Morgan fingerprint density at radius 1 is 1.43 bits per heavy atom. The molecule has 0 amide bonds. The Hall–Kier alpha value is -1.63. The molecular weight excluding hydrogens is 270 g/mol. The number of nitrogens with one attached hydrogen (secondary N) is 1. The van der Waals surface area contributed by atoms with Crippen LogP contribution in [0.15, 0.2) is 0 Å². The average molecular weight is 295 g/mol. The van der Waals surface area contributed by atoms with Crippen LogP contribution in [0.3, 0.4) is 0 Å². The van der Waals surface area contributed by atoms with Crippen molar-refractivity contribution in [2.24, 2.45) is 7.05 Å². The van der Waals surface area contributed by atoms with E-state index < -0.39 is 0 Å². The molecule has 1 aromatic rings. The molecule has 0 saturated carbocycles. The molecule has 1 aromatic heterocycles. The lowest BCUT2D eigenvalue weighted by Gasteiger charge is -2.32. The van der Waals surface area contributed by atoms with Gasteiger partial charge in [0.2, 0.25) is 5.82 Å². The van der Waals surface area contributed by atoms with Gasteiger partial charge in [0.25, 0.3) is 0 Å². The van der Waals surface area contributed by atoms with Crippen molar-refractivity contribution in [1.82, 2.24) is 14.7 Å². The number of rotatable bonds is 5. The summed E-state index contributed by atoms with van der Waals surface area (Å²) < 4.78 is 1.59. The van der Waals surface area contributed by atoms with Crippen LogP contribution in [0.4, 0.5) is 11.5 Å². The highest BCUT2D eigenvalue weighted by atomic mass is 16.6. The van der Waals surface area contributed by atoms with E-state index in [0.29, 0.717) is 24.1 Å². The van der Waals surface area contributed by atoms with Crippen LogP contribution in [0.5, 0.6) is 0 Å². The van der Waals surface area contributed by atoms with Crippen LogP contribution >= 0.6 is 0 Å². The first-order valence-electron chi connectivity index (χ1n) is 7.57. The van der Waals surface area contributed by atoms with Crippen LogP contribution in [0.2, 0.25) is 0 Å². The summed E-state index contributed by atoms with van der Waals surface area (Å²) in [5.74, 6) is 0.548. The Kier molecular flexibility index (Phi) is 4.82. The first-order valence-corrected chi connectivity index (χ1v) is 7.57. The second kappa shape index (κ2) is 6.43. The van der Waals surface area contributed by atoms with Crippen molar-refractivity contribution in [3.8, 4) is 0 Å². The fourth-order valence-electron chi connectivity index (χ4n) is 2.92. The standard InChI is InChI=1S/C14H25N5O2/c1-10(2)12-13(19(20)21)14(18(4)16-12)15-9-11-7-5-6-8-17(11)3/h10-11,15H,5-9H2,1-4H3. The second-order valence-electron chi connectivity index (χ2n) is 6.13. The number of piperidine rings is 1. The van der Waals surface area contributed by atoms with E-state index in [4.69, 9.17) is 0 Å². The fraction of sp³-hybridized carbons (Fsp3) is 0.786. The minimum atomic E-state index is -0.324. The van der Waals surface area contributed by atoms with E-state index in [-0.39, 0.29) is 16.5 Å². The van der Waals surface area contributed by atoms with E-state index in [1.807, 2.05) is 13.8 Å². The third kappa shape index (κ3) is 3.34. The summed E-state index contributed by atoms with van der Waals surface area (Å²) in [7, 11) is 3.87. The predicted octanol–water partition coefficient (Wildman–Crippen LogP) is 2.35. The number of hydrogen-bond donors (Lipinski definition) is 1. The van der Waals surface area contributed by atoms with Gasteiger partial charge in [-0.15, -0.1) is 0 Å². The van der Waals surface area contributed by atoms with Gasteiger partial charge < -0.3 is 10.2 Å². The number of hydrogen-bond acceptors (Lipinski definition) is 5. The number of aromatic nitrogens is 2. The summed E-state index contributed by atoms with van der Waals surface area (Å²) in [6.45, 7) is 5.66. The van der Waals surface area contributed by atoms with Gasteiger partial charge in [0.15, 0.2) is 0 Å². The van der Waals surface area contributed by atoms with E-state index in [9.17, 15) is 10.1 Å². The number of likely N-dealkylation sites (N-methyl/N-ethyl adjacent to an activating group) is 1. The molecule has 0 aliphatic carbocycles. The summed E-state index contributed by atoms with van der Waals surface area (Å²) in [5.41, 5.74) is 0.660. The smallest absolute Gasteiger partial charge is 0.334 e. The topological polar surface area (TPSA) is 76.2 Å². The van der Waals surface area contributed by atoms with Crippen molar-refractivity contribution in [2.75, 3.05) is 25.5 Å². The minimum absolute atomic E-state index is 0.0319. The molecule has 7 heteroatoms. The quantitative estimate of drug-likeness (QED) is 0.666. The van der Waals surface area contributed by atoms with Crippen molar-refractivity contribution < 1.29 is 4.92 Å². The summed E-state index contributed by atoms with van der Waals surface area (Å²) in [6.07, 6.45) is 3.59. The molecule has 1 saturated heterocycles. The zero-order valence-electron chi connectivity index (χ0n) is 13.3. The maximum atomic E-state index is 11.4. The lowest BCUT2D eigenvalue weighted by atomic mass is 10.0. The summed E-state index contributed by atoms with van der Waals surface area (Å²) in [6, 6.07) is 0.427. The molecule has 0 bridgehead atoms. The molecule has 1 atom stereocenters. The van der Waals surface area contributed by atoms with Crippen LogP contribution in [-0.4, -0.2) is 45.8 Å². The van der Waals surface area contributed by atoms with Crippen LogP contribution in [0.25, 0.3) is 0 Å². The molecule has 21 heavy (non-hydrogen) atoms. The molecule has 1 fully saturated rings. The van der Waals surface area contributed by atoms with Crippen LogP contribution in [0, 0.1) is 10.1 Å². The molecule has 0 aromatic carbocycles. The van der Waals surface area contributed by atoms with Crippen LogP contribution < -0.4 is 5.32 Å². The van der Waals surface area contributed by atoms with E-state index in [0.717, 1.165) is 13.0 Å². The van der Waals surface area contributed by atoms with E-state index in [1.165, 1.54) is 12.8 Å². The molecule has 2 heterocycles. The van der Waals surface area contributed by atoms with Gasteiger partial charge in [0.05, 0.1) is 4.92 Å². The Bertz CT molecular complexity index is 512. The largest absolute Gasteiger partial charge is 0.363 e. The number of aryl methyl sites for hydroxylation is 1. The second-order valence-corrected chi connectivity index (χ2v) is 6.13. The summed E-state index contributed by atoms with van der Waals surface area (Å²) >= 11 is 0. The molecule has 118 valence electrons. The van der Waals surface area contributed by atoms with Crippen molar-refractivity contribution >= 4 is 11.5 Å². The van der Waals surface area contributed by atoms with Crippen molar-refractivity contribution in [2.45, 2.75) is 45.1 Å². The average Bonchev–Trinajstić information content (AvgIpc) is 2.75. The molecule has 1 aliphatic heterocycles. The third-order valence-electron chi connectivity index (χ3n) is 4.20. The monoisotopic (exact) mass is 295 g/mol. The Morgan fingerprint density at radius 2 is 2.14 bits per heavy atom. The molecule has 1 aliphatic rings. The number of nitrogens with zero attached hydrogens (tertiary/aromatic N) is 4. The van der Waals surface area contributed by atoms with Gasteiger partial charge in [-0.1, -0.05) is 20.3 Å². The van der Waals surface area contributed by atoms with Gasteiger partial charge in [-0.3, -0.25) is 10.1 Å². The molecule has 7 nitrogen and oxygen atoms in total. The van der Waals surface area contributed by atoms with Gasteiger partial charge in [0.1, 0.15) is 5.69 Å². The molecule has 2 rings (SSSR count). The lowest BCUT2D eigenvalue weighted by Crippen LogP contribution is -2.41. The van der Waals surface area contributed by atoms with Gasteiger partial charge in [-0.25, -0.2) is 4.68 Å². The third-order valence-corrected chi connectivity index (χ3v) is 4.20. The number of likely N-dealkylation sites (tertiary alicyclic amines) is 1. The highest BCUT2D eigenvalue weighted by Crippen LogP contribution is 2.33. The Balaban J connectivity index is 2.17. The van der Waals surface area contributed by atoms with E-state index in [1.54, 1.807) is 11.7 Å². The molecule has 1 unspecified atom stereocenters. The molecule has 1 N–H and O–H groups in total. The highest BCUT2D eigenvalue weighted by Gasteiger charge is 2.29. The highest BCUT2D eigenvalue weighted by molar-refractivity contribution is 5.60. The molecule has 0 radical (unpaired) electrons. The maximum Gasteiger partial charge on any atom is 0.334 e. The lowest BCUT2D eigenvalue weighted by molar-refractivity contribution is -0.384. The normalized spacial score (nSPS) is 20.0. The van der Waals surface area contributed by atoms with Gasteiger partial charge in [-0.2, -0.15) is 5.10 Å². The zero-order valence-corrected chi connectivity index (χ0v) is 13.3. The van der Waals surface area contributed by atoms with Gasteiger partial charge in [-0.05, 0) is 26.4 Å². The Labute approximate surface area is 125 Å². The van der Waals surface area contributed by atoms with E-state index >= 15 is 0 Å².